The number of carbonyl (C=O) groups is 1. The first kappa shape index (κ1) is 21.2. The van der Waals surface area contributed by atoms with Crippen molar-refractivity contribution in [2.75, 3.05) is 21.3 Å². The van der Waals surface area contributed by atoms with Crippen molar-refractivity contribution in [1.29, 1.82) is 0 Å². The van der Waals surface area contributed by atoms with Crippen molar-refractivity contribution in [2.45, 2.75) is 19.0 Å². The zero-order valence-corrected chi connectivity index (χ0v) is 17.8. The van der Waals surface area contributed by atoms with Gasteiger partial charge in [0.15, 0.2) is 0 Å². The van der Waals surface area contributed by atoms with E-state index in [-0.39, 0.29) is 6.03 Å². The van der Waals surface area contributed by atoms with Crippen LogP contribution in [0.5, 0.6) is 11.5 Å². The summed E-state index contributed by atoms with van der Waals surface area (Å²) in [5.74, 6) is 1.49. The van der Waals surface area contributed by atoms with Gasteiger partial charge in [-0.2, -0.15) is 0 Å². The summed E-state index contributed by atoms with van der Waals surface area (Å²) < 4.78 is 10.7. The number of hydrogen-bond donors (Lipinski definition) is 1. The fourth-order valence-electron chi connectivity index (χ4n) is 3.50. The summed E-state index contributed by atoms with van der Waals surface area (Å²) >= 11 is 0. The summed E-state index contributed by atoms with van der Waals surface area (Å²) in [5, 5.41) is 2.78. The van der Waals surface area contributed by atoms with E-state index >= 15 is 0 Å². The van der Waals surface area contributed by atoms with Gasteiger partial charge >= 0.3 is 6.03 Å². The lowest BCUT2D eigenvalue weighted by molar-refractivity contribution is 0.139. The first-order valence-corrected chi connectivity index (χ1v) is 9.71. The second-order valence-corrected chi connectivity index (χ2v) is 7.01. The zero-order valence-electron chi connectivity index (χ0n) is 17.8. The molecule has 0 saturated carbocycles. The molecule has 30 heavy (non-hydrogen) atoms. The monoisotopic (exact) mass is 405 g/mol. The van der Waals surface area contributed by atoms with Crippen molar-refractivity contribution in [3.05, 3.63) is 89.7 Å². The number of pyridine rings is 1. The quantitative estimate of drug-likeness (QED) is 0.640. The first-order valence-electron chi connectivity index (χ1n) is 9.71. The van der Waals surface area contributed by atoms with Crippen LogP contribution in [0.3, 0.4) is 0 Å². The Bertz CT molecular complexity index is 977. The smallest absolute Gasteiger partial charge is 0.318 e. The van der Waals surface area contributed by atoms with Crippen molar-refractivity contribution in [3.63, 3.8) is 0 Å². The molecule has 0 spiro atoms. The lowest BCUT2D eigenvalue weighted by Crippen LogP contribution is -2.51. The van der Waals surface area contributed by atoms with Crippen LogP contribution in [0.4, 0.5) is 4.79 Å². The van der Waals surface area contributed by atoms with E-state index in [1.165, 1.54) is 0 Å². The van der Waals surface area contributed by atoms with E-state index in [0.29, 0.717) is 6.54 Å². The topological polar surface area (TPSA) is 63.7 Å². The van der Waals surface area contributed by atoms with Crippen molar-refractivity contribution in [1.82, 2.24) is 15.2 Å². The summed E-state index contributed by atoms with van der Waals surface area (Å²) in [7, 11) is 4.89. The van der Waals surface area contributed by atoms with Gasteiger partial charge in [0.05, 0.1) is 19.9 Å². The Labute approximate surface area is 177 Å². The Morgan fingerprint density at radius 3 is 2.33 bits per heavy atom. The van der Waals surface area contributed by atoms with Crippen LogP contribution in [-0.4, -0.2) is 37.2 Å². The van der Waals surface area contributed by atoms with E-state index in [9.17, 15) is 4.79 Å². The Morgan fingerprint density at radius 2 is 1.73 bits per heavy atom. The molecule has 3 rings (SSSR count). The number of nitrogens with one attached hydrogen (secondary N) is 1. The molecule has 2 amide bonds. The molecule has 0 aliphatic rings. The third-order valence-electron chi connectivity index (χ3n) is 5.29. The predicted octanol–water partition coefficient (Wildman–Crippen LogP) is 4.20. The van der Waals surface area contributed by atoms with E-state index in [2.05, 4.69) is 10.3 Å². The van der Waals surface area contributed by atoms with Crippen LogP contribution in [0.1, 0.15) is 23.7 Å². The maximum absolute atomic E-state index is 13.1. The highest BCUT2D eigenvalue weighted by atomic mass is 16.5. The molecule has 0 aliphatic carbocycles. The highest BCUT2D eigenvalue weighted by Crippen LogP contribution is 2.37. The molecule has 0 radical (unpaired) electrons. The van der Waals surface area contributed by atoms with Gasteiger partial charge in [0, 0.05) is 19.8 Å². The number of urea groups is 1. The molecule has 0 unspecified atom stereocenters. The van der Waals surface area contributed by atoms with Crippen LogP contribution in [0.15, 0.2) is 72.9 Å². The number of aromatic nitrogens is 1. The molecule has 1 heterocycles. The summed E-state index contributed by atoms with van der Waals surface area (Å²) in [6.07, 6.45) is 1.74. The number of benzene rings is 2. The molecule has 6 heteroatoms. The highest BCUT2D eigenvalue weighted by Gasteiger charge is 2.40. The van der Waals surface area contributed by atoms with Gasteiger partial charge in [-0.1, -0.05) is 30.3 Å². The number of hydrogen-bond acceptors (Lipinski definition) is 4. The van der Waals surface area contributed by atoms with Gasteiger partial charge in [-0.25, -0.2) is 4.79 Å². The fraction of sp³-hybridized carbons (Fsp3) is 0.250. The van der Waals surface area contributed by atoms with Crippen LogP contribution in [-0.2, 0) is 12.1 Å². The Kier molecular flexibility index (Phi) is 6.57. The predicted molar refractivity (Wildman–Crippen MR) is 117 cm³/mol. The van der Waals surface area contributed by atoms with Crippen LogP contribution in [0.2, 0.25) is 0 Å². The van der Waals surface area contributed by atoms with Crippen LogP contribution >= 0.6 is 0 Å². The average Bonchev–Trinajstić information content (AvgIpc) is 2.82. The molecule has 0 fully saturated rings. The van der Waals surface area contributed by atoms with E-state index in [1.807, 2.05) is 73.7 Å². The molecule has 0 bridgehead atoms. The molecule has 1 N–H and O–H groups in total. The summed E-state index contributed by atoms with van der Waals surface area (Å²) in [5.41, 5.74) is 1.80. The fourth-order valence-corrected chi connectivity index (χ4v) is 3.50. The Hall–Kier alpha value is -3.54. The minimum atomic E-state index is -0.837. The Morgan fingerprint density at radius 1 is 1.00 bits per heavy atom. The van der Waals surface area contributed by atoms with Gasteiger partial charge in [-0.15, -0.1) is 0 Å². The van der Waals surface area contributed by atoms with Crippen molar-refractivity contribution >= 4 is 6.03 Å². The molecule has 2 aromatic carbocycles. The van der Waals surface area contributed by atoms with Gasteiger partial charge in [0.1, 0.15) is 17.0 Å². The number of ether oxygens (including phenoxy) is 2. The third-order valence-corrected chi connectivity index (χ3v) is 5.29. The van der Waals surface area contributed by atoms with Crippen LogP contribution in [0, 0.1) is 0 Å². The van der Waals surface area contributed by atoms with E-state index < -0.39 is 5.54 Å². The van der Waals surface area contributed by atoms with Gasteiger partial charge in [-0.3, -0.25) is 4.98 Å². The van der Waals surface area contributed by atoms with Gasteiger partial charge in [0.25, 0.3) is 0 Å². The number of methoxy groups -OCH3 is 2. The standard InChI is InChI=1S/C24H27N3O3/c1-24(22-10-5-6-15-26-22,19-8-7-9-21(16-19)30-4)27(23(28)25-2)17-18-11-13-20(29-3)14-12-18/h5-16H,17H2,1-4H3,(H,25,28)/t24-/m1/s1. The highest BCUT2D eigenvalue weighted by molar-refractivity contribution is 5.76. The molecule has 0 aliphatic heterocycles. The minimum absolute atomic E-state index is 0.207. The summed E-state index contributed by atoms with van der Waals surface area (Å²) in [4.78, 5) is 19.5. The van der Waals surface area contributed by atoms with Crippen molar-refractivity contribution < 1.29 is 14.3 Å². The number of amides is 2. The summed E-state index contributed by atoms with van der Waals surface area (Å²) in [6.45, 7) is 2.39. The SMILES string of the molecule is CNC(=O)N(Cc1ccc(OC)cc1)[C@](C)(c1cccc(OC)c1)c1ccccn1. The van der Waals surface area contributed by atoms with E-state index in [0.717, 1.165) is 28.3 Å². The molecule has 1 aromatic heterocycles. The van der Waals surface area contributed by atoms with Crippen LogP contribution < -0.4 is 14.8 Å². The van der Waals surface area contributed by atoms with E-state index in [1.54, 1.807) is 32.4 Å². The lowest BCUT2D eigenvalue weighted by Gasteiger charge is -2.41. The molecular weight excluding hydrogens is 378 g/mol. The molecule has 3 aromatic rings. The summed E-state index contributed by atoms with van der Waals surface area (Å²) in [6, 6.07) is 20.9. The van der Waals surface area contributed by atoms with Gasteiger partial charge in [-0.05, 0) is 54.4 Å². The molecule has 156 valence electrons. The normalized spacial score (nSPS) is 12.5. The Balaban J connectivity index is 2.14. The zero-order chi connectivity index (χ0) is 21.6. The molecular formula is C24H27N3O3. The van der Waals surface area contributed by atoms with Crippen LogP contribution in [0.25, 0.3) is 0 Å². The van der Waals surface area contributed by atoms with Crippen molar-refractivity contribution in [2.24, 2.45) is 0 Å². The third kappa shape index (κ3) is 4.22. The second-order valence-electron chi connectivity index (χ2n) is 7.01. The largest absolute Gasteiger partial charge is 0.497 e. The van der Waals surface area contributed by atoms with Crippen molar-refractivity contribution in [3.8, 4) is 11.5 Å². The number of rotatable bonds is 7. The average molecular weight is 405 g/mol. The molecule has 6 nitrogen and oxygen atoms in total. The van der Waals surface area contributed by atoms with Gasteiger partial charge < -0.3 is 19.7 Å². The minimum Gasteiger partial charge on any atom is -0.497 e. The number of carbonyl (C=O) groups excluding carboxylic acids is 1. The molecule has 1 atom stereocenters. The molecule has 0 saturated heterocycles. The second kappa shape index (κ2) is 9.31. The first-order chi connectivity index (χ1) is 14.5. The van der Waals surface area contributed by atoms with E-state index in [4.69, 9.17) is 9.47 Å². The number of nitrogens with zero attached hydrogens (tertiary/aromatic N) is 2. The maximum Gasteiger partial charge on any atom is 0.318 e. The van der Waals surface area contributed by atoms with Gasteiger partial charge in [0.2, 0.25) is 0 Å². The lowest BCUT2D eigenvalue weighted by atomic mass is 9.85. The maximum atomic E-state index is 13.1.